The highest BCUT2D eigenvalue weighted by atomic mass is 16.6. The number of nitrogens with zero attached hydrogens (tertiary/aromatic N) is 3. The molecule has 0 aliphatic heterocycles. The van der Waals surface area contributed by atoms with Crippen molar-refractivity contribution in [3.8, 4) is 0 Å². The predicted molar refractivity (Wildman–Crippen MR) is 40.9 cm³/mol. The largest absolute Gasteiger partial charge is 0.432 e. The van der Waals surface area contributed by atoms with E-state index in [0.717, 1.165) is 0 Å². The Morgan fingerprint density at radius 1 is 1.92 bits per heavy atom. The number of esters is 1. The molecule has 0 heterocycles. The Kier molecular flexibility index (Phi) is 4.52. The summed E-state index contributed by atoms with van der Waals surface area (Å²) in [7, 11) is 0. The highest BCUT2D eigenvalue weighted by Crippen LogP contribution is 1.96. The quantitative estimate of drug-likeness (QED) is 0.169. The third-order valence-electron chi connectivity index (χ3n) is 0.893. The lowest BCUT2D eigenvalue weighted by Crippen LogP contribution is -2.20. The van der Waals surface area contributed by atoms with Gasteiger partial charge in [-0.05, 0) is 12.5 Å². The van der Waals surface area contributed by atoms with Crippen LogP contribution >= 0.6 is 0 Å². The van der Waals surface area contributed by atoms with E-state index >= 15 is 0 Å². The molecule has 0 rings (SSSR count). The standard InChI is InChI=1S/C6H9N3O3/c1-4(2)6(11)12-5(10)3-8-9-7/h5,10H,1,3H2,2H3. The average molecular weight is 171 g/mol. The smallest absolute Gasteiger partial charge is 0.335 e. The van der Waals surface area contributed by atoms with Crippen molar-refractivity contribution in [1.29, 1.82) is 0 Å². The van der Waals surface area contributed by atoms with Crippen LogP contribution in [0.3, 0.4) is 0 Å². The topological polar surface area (TPSA) is 95.3 Å². The van der Waals surface area contributed by atoms with Gasteiger partial charge in [-0.2, -0.15) is 0 Å². The van der Waals surface area contributed by atoms with Crippen molar-refractivity contribution in [2.45, 2.75) is 13.2 Å². The molecule has 6 nitrogen and oxygen atoms in total. The van der Waals surface area contributed by atoms with Gasteiger partial charge in [-0.25, -0.2) is 4.79 Å². The molecule has 0 fully saturated rings. The first-order chi connectivity index (χ1) is 5.57. The van der Waals surface area contributed by atoms with Crippen LogP contribution in [-0.2, 0) is 9.53 Å². The van der Waals surface area contributed by atoms with E-state index in [0.29, 0.717) is 0 Å². The number of aliphatic hydroxyl groups is 1. The van der Waals surface area contributed by atoms with Gasteiger partial charge in [0.15, 0.2) is 0 Å². The Balaban J connectivity index is 3.83. The van der Waals surface area contributed by atoms with Crippen molar-refractivity contribution in [1.82, 2.24) is 0 Å². The molecule has 0 bridgehead atoms. The summed E-state index contributed by atoms with van der Waals surface area (Å²) in [5.41, 5.74) is 8.02. The first kappa shape index (κ1) is 10.5. The van der Waals surface area contributed by atoms with Gasteiger partial charge >= 0.3 is 5.97 Å². The predicted octanol–water partition coefficient (Wildman–Crippen LogP) is 0.734. The maximum absolute atomic E-state index is 10.7. The Hall–Kier alpha value is -1.52. The van der Waals surface area contributed by atoms with Gasteiger partial charge in [0.1, 0.15) is 0 Å². The van der Waals surface area contributed by atoms with Gasteiger partial charge in [0.05, 0.1) is 6.54 Å². The van der Waals surface area contributed by atoms with Crippen LogP contribution in [-0.4, -0.2) is 23.9 Å². The number of azide groups is 1. The molecule has 12 heavy (non-hydrogen) atoms. The van der Waals surface area contributed by atoms with Crippen LogP contribution in [0.25, 0.3) is 10.4 Å². The molecule has 0 aromatic rings. The van der Waals surface area contributed by atoms with Crippen LogP contribution < -0.4 is 0 Å². The number of hydrogen-bond donors (Lipinski definition) is 1. The van der Waals surface area contributed by atoms with E-state index in [4.69, 9.17) is 10.6 Å². The number of aliphatic hydroxyl groups excluding tert-OH is 1. The van der Waals surface area contributed by atoms with Gasteiger partial charge in [0.2, 0.25) is 6.29 Å². The average Bonchev–Trinajstić information content (AvgIpc) is 2.00. The third-order valence-corrected chi connectivity index (χ3v) is 0.893. The molecule has 6 heteroatoms. The molecule has 1 atom stereocenters. The molecular formula is C6H9N3O3. The fourth-order valence-electron chi connectivity index (χ4n) is 0.368. The Bertz CT molecular complexity index is 232. The zero-order chi connectivity index (χ0) is 9.56. The van der Waals surface area contributed by atoms with Gasteiger partial charge in [-0.3, -0.25) is 0 Å². The Morgan fingerprint density at radius 3 is 2.92 bits per heavy atom. The molecule has 0 saturated heterocycles. The first-order valence-corrected chi connectivity index (χ1v) is 3.13. The number of rotatable bonds is 4. The van der Waals surface area contributed by atoms with E-state index in [1.54, 1.807) is 0 Å². The summed E-state index contributed by atoms with van der Waals surface area (Å²) < 4.78 is 4.37. The maximum atomic E-state index is 10.7. The lowest BCUT2D eigenvalue weighted by Gasteiger charge is -2.08. The van der Waals surface area contributed by atoms with E-state index in [1.807, 2.05) is 0 Å². The molecule has 66 valence electrons. The molecular weight excluding hydrogens is 162 g/mol. The minimum absolute atomic E-state index is 0.176. The summed E-state index contributed by atoms with van der Waals surface area (Å²) in [6.07, 6.45) is -1.40. The van der Waals surface area contributed by atoms with E-state index in [2.05, 4.69) is 21.3 Å². The van der Waals surface area contributed by atoms with Crippen molar-refractivity contribution in [2.75, 3.05) is 6.54 Å². The molecule has 0 aliphatic rings. The summed E-state index contributed by atoms with van der Waals surface area (Å²) in [6, 6.07) is 0. The Morgan fingerprint density at radius 2 is 2.50 bits per heavy atom. The summed E-state index contributed by atoms with van der Waals surface area (Å²) in [5, 5.41) is 11.9. The van der Waals surface area contributed by atoms with Crippen molar-refractivity contribution >= 4 is 5.97 Å². The SMILES string of the molecule is C=C(C)C(=O)OC(O)CN=[N+]=[N-]. The van der Waals surface area contributed by atoms with Crippen LogP contribution in [0, 0.1) is 0 Å². The highest BCUT2D eigenvalue weighted by molar-refractivity contribution is 5.86. The van der Waals surface area contributed by atoms with E-state index < -0.39 is 12.3 Å². The lowest BCUT2D eigenvalue weighted by atomic mass is 10.4. The number of hydrogen-bond acceptors (Lipinski definition) is 4. The third kappa shape index (κ3) is 4.32. The molecule has 1 N–H and O–H groups in total. The minimum Gasteiger partial charge on any atom is -0.432 e. The lowest BCUT2D eigenvalue weighted by molar-refractivity contribution is -0.160. The minimum atomic E-state index is -1.40. The molecule has 0 saturated carbocycles. The van der Waals surface area contributed by atoms with Crippen molar-refractivity contribution < 1.29 is 14.6 Å². The zero-order valence-electron chi connectivity index (χ0n) is 6.60. The van der Waals surface area contributed by atoms with Gasteiger partial charge in [0, 0.05) is 10.5 Å². The molecule has 0 spiro atoms. The van der Waals surface area contributed by atoms with Gasteiger partial charge < -0.3 is 9.84 Å². The second-order valence-corrected chi connectivity index (χ2v) is 2.05. The number of carbonyl (C=O) groups excluding carboxylic acids is 1. The second-order valence-electron chi connectivity index (χ2n) is 2.05. The van der Waals surface area contributed by atoms with Gasteiger partial charge in [0.25, 0.3) is 0 Å². The van der Waals surface area contributed by atoms with Crippen LogP contribution in [0.15, 0.2) is 17.3 Å². The summed E-state index contributed by atoms with van der Waals surface area (Å²) >= 11 is 0. The monoisotopic (exact) mass is 171 g/mol. The summed E-state index contributed by atoms with van der Waals surface area (Å²) in [5.74, 6) is -0.712. The number of ether oxygens (including phenoxy) is 1. The molecule has 0 aromatic heterocycles. The molecule has 0 radical (unpaired) electrons. The molecule has 0 aliphatic carbocycles. The molecule has 0 amide bonds. The van der Waals surface area contributed by atoms with Crippen LogP contribution in [0.2, 0.25) is 0 Å². The molecule has 0 aromatic carbocycles. The fourth-order valence-corrected chi connectivity index (χ4v) is 0.368. The normalized spacial score (nSPS) is 11.2. The van der Waals surface area contributed by atoms with Crippen LogP contribution in [0.4, 0.5) is 0 Å². The summed E-state index contributed by atoms with van der Waals surface area (Å²) in [6.45, 7) is 4.45. The van der Waals surface area contributed by atoms with E-state index in [1.165, 1.54) is 6.92 Å². The fraction of sp³-hybridized carbons (Fsp3) is 0.500. The molecule has 1 unspecified atom stereocenters. The Labute approximate surface area is 69.1 Å². The van der Waals surface area contributed by atoms with Gasteiger partial charge in [-0.15, -0.1) is 0 Å². The van der Waals surface area contributed by atoms with E-state index in [9.17, 15) is 4.79 Å². The van der Waals surface area contributed by atoms with Gasteiger partial charge in [-0.1, -0.05) is 11.7 Å². The van der Waals surface area contributed by atoms with E-state index in [-0.39, 0.29) is 12.1 Å². The second kappa shape index (κ2) is 5.17. The van der Waals surface area contributed by atoms with Crippen LogP contribution in [0.5, 0.6) is 0 Å². The first-order valence-electron chi connectivity index (χ1n) is 3.13. The van der Waals surface area contributed by atoms with Crippen molar-refractivity contribution in [3.05, 3.63) is 22.6 Å². The zero-order valence-corrected chi connectivity index (χ0v) is 6.60. The highest BCUT2D eigenvalue weighted by Gasteiger charge is 2.09. The number of carbonyl (C=O) groups is 1. The maximum Gasteiger partial charge on any atom is 0.335 e. The van der Waals surface area contributed by atoms with Crippen molar-refractivity contribution in [3.63, 3.8) is 0 Å². The van der Waals surface area contributed by atoms with Crippen molar-refractivity contribution in [2.24, 2.45) is 5.11 Å². The summed E-state index contributed by atoms with van der Waals surface area (Å²) in [4.78, 5) is 13.1. The van der Waals surface area contributed by atoms with Crippen LogP contribution in [0.1, 0.15) is 6.92 Å².